The van der Waals surface area contributed by atoms with Crippen molar-refractivity contribution in [3.8, 4) is 28.5 Å². The van der Waals surface area contributed by atoms with Crippen LogP contribution in [0.25, 0.3) is 22.7 Å². The number of nitrogens with zero attached hydrogens (tertiary/aromatic N) is 3. The Morgan fingerprint density at radius 3 is 2.31 bits per heavy atom. The fraction of sp³-hybridized carbons (Fsp3) is 0.219. The van der Waals surface area contributed by atoms with Crippen LogP contribution in [-0.2, 0) is 24.4 Å². The van der Waals surface area contributed by atoms with Crippen LogP contribution < -0.4 is 4.74 Å². The number of carboxylic acids is 1. The van der Waals surface area contributed by atoms with Crippen LogP contribution in [0.2, 0.25) is 0 Å². The van der Waals surface area contributed by atoms with Gasteiger partial charge in [0.1, 0.15) is 23.8 Å². The molecule has 0 amide bonds. The fourth-order valence-electron chi connectivity index (χ4n) is 4.45. The quantitative estimate of drug-likeness (QED) is 0.179. The highest BCUT2D eigenvalue weighted by atomic mass is 16.5. The summed E-state index contributed by atoms with van der Waals surface area (Å²) >= 11 is 0. The van der Waals surface area contributed by atoms with E-state index in [1.54, 1.807) is 0 Å². The molecule has 2 heterocycles. The molecule has 0 atom stereocenters. The number of benzene rings is 3. The van der Waals surface area contributed by atoms with Crippen molar-refractivity contribution in [3.05, 3.63) is 114 Å². The third-order valence-corrected chi connectivity index (χ3v) is 6.53. The van der Waals surface area contributed by atoms with E-state index in [4.69, 9.17) is 19.4 Å². The van der Waals surface area contributed by atoms with Gasteiger partial charge in [-0.1, -0.05) is 60.7 Å². The number of oxazole rings is 1. The number of carboxylic acid groups (broad SMARTS) is 1. The van der Waals surface area contributed by atoms with Crippen molar-refractivity contribution in [1.82, 2.24) is 14.8 Å². The zero-order valence-corrected chi connectivity index (χ0v) is 21.9. The second-order valence-electron chi connectivity index (χ2n) is 9.49. The molecule has 198 valence electrons. The van der Waals surface area contributed by atoms with Gasteiger partial charge in [-0.15, -0.1) is 0 Å². The summed E-state index contributed by atoms with van der Waals surface area (Å²) in [6, 6.07) is 27.9. The van der Waals surface area contributed by atoms with Crippen molar-refractivity contribution in [2.45, 2.75) is 45.8 Å². The third kappa shape index (κ3) is 6.82. The van der Waals surface area contributed by atoms with Crippen LogP contribution in [0, 0.1) is 6.92 Å². The summed E-state index contributed by atoms with van der Waals surface area (Å²) in [5.74, 6) is 1.34. The van der Waals surface area contributed by atoms with Gasteiger partial charge >= 0.3 is 5.97 Å². The smallest absolute Gasteiger partial charge is 0.303 e. The highest BCUT2D eigenvalue weighted by molar-refractivity contribution is 5.66. The molecule has 7 heteroatoms. The van der Waals surface area contributed by atoms with E-state index in [0.717, 1.165) is 58.0 Å². The molecule has 0 fully saturated rings. The third-order valence-electron chi connectivity index (χ3n) is 6.53. The molecule has 0 bridgehead atoms. The number of ether oxygens (including phenoxy) is 1. The maximum Gasteiger partial charge on any atom is 0.303 e. The number of hydrogen-bond acceptors (Lipinski definition) is 5. The molecule has 5 rings (SSSR count). The molecule has 0 saturated carbocycles. The largest absolute Gasteiger partial charge is 0.487 e. The van der Waals surface area contributed by atoms with E-state index >= 15 is 0 Å². The lowest BCUT2D eigenvalue weighted by Crippen LogP contribution is -2.01. The number of hydrogen-bond donors (Lipinski definition) is 1. The molecule has 3 aromatic carbocycles. The standard InChI is InChI=1S/C32H31N3O4/c1-23-29(33-32(39-23)26-12-6-3-7-13-26)22-38-28-18-16-24(17-19-28)20-35-21-27(14-8-9-15-30(36)37)31(34-35)25-10-4-2-5-11-25/h2-7,10-13,16-19,21H,8-9,14-15,20,22H2,1H3,(H,36,37). The lowest BCUT2D eigenvalue weighted by Gasteiger charge is -2.07. The zero-order valence-electron chi connectivity index (χ0n) is 21.9. The summed E-state index contributed by atoms with van der Waals surface area (Å²) in [6.45, 7) is 2.85. The van der Waals surface area contributed by atoms with Crippen molar-refractivity contribution in [1.29, 1.82) is 0 Å². The van der Waals surface area contributed by atoms with E-state index in [9.17, 15) is 4.79 Å². The molecule has 1 N–H and O–H groups in total. The Morgan fingerprint density at radius 2 is 1.62 bits per heavy atom. The molecular formula is C32H31N3O4. The van der Waals surface area contributed by atoms with Gasteiger partial charge in [-0.3, -0.25) is 9.48 Å². The van der Waals surface area contributed by atoms with E-state index in [2.05, 4.69) is 23.3 Å². The molecule has 0 radical (unpaired) electrons. The average molecular weight is 522 g/mol. The molecule has 0 aliphatic rings. The lowest BCUT2D eigenvalue weighted by atomic mass is 10.0. The zero-order chi connectivity index (χ0) is 27.0. The first-order valence-corrected chi connectivity index (χ1v) is 13.1. The Bertz CT molecular complexity index is 1510. The van der Waals surface area contributed by atoms with Crippen molar-refractivity contribution in [3.63, 3.8) is 0 Å². The minimum Gasteiger partial charge on any atom is -0.487 e. The molecule has 5 aromatic rings. The molecular weight excluding hydrogens is 490 g/mol. The summed E-state index contributed by atoms with van der Waals surface area (Å²) < 4.78 is 13.8. The van der Waals surface area contributed by atoms with Crippen LogP contribution in [-0.4, -0.2) is 25.8 Å². The summed E-state index contributed by atoms with van der Waals surface area (Å²) in [6.07, 6.45) is 4.51. The van der Waals surface area contributed by atoms with Gasteiger partial charge in [-0.2, -0.15) is 5.10 Å². The molecule has 0 saturated heterocycles. The molecule has 7 nitrogen and oxygen atoms in total. The number of aliphatic carboxylic acids is 1. The van der Waals surface area contributed by atoms with Crippen LogP contribution in [0.5, 0.6) is 5.75 Å². The Morgan fingerprint density at radius 1 is 0.923 bits per heavy atom. The van der Waals surface area contributed by atoms with E-state index in [1.165, 1.54) is 0 Å². The number of aryl methyl sites for hydroxylation is 2. The SMILES string of the molecule is Cc1oc(-c2ccccc2)nc1COc1ccc(Cn2cc(CCCCC(=O)O)c(-c3ccccc3)n2)cc1. The van der Waals surface area contributed by atoms with Crippen molar-refractivity contribution >= 4 is 5.97 Å². The van der Waals surface area contributed by atoms with Gasteiger partial charge in [0.25, 0.3) is 0 Å². The Kier molecular flexibility index (Phi) is 8.17. The number of aromatic nitrogens is 3. The maximum absolute atomic E-state index is 10.9. The van der Waals surface area contributed by atoms with Gasteiger partial charge in [0.15, 0.2) is 0 Å². The summed E-state index contributed by atoms with van der Waals surface area (Å²) in [4.78, 5) is 15.5. The fourth-order valence-corrected chi connectivity index (χ4v) is 4.45. The topological polar surface area (TPSA) is 90.4 Å². The minimum atomic E-state index is -0.755. The highest BCUT2D eigenvalue weighted by Crippen LogP contribution is 2.25. The summed E-state index contributed by atoms with van der Waals surface area (Å²) in [7, 11) is 0. The second kappa shape index (κ2) is 12.3. The number of rotatable bonds is 12. The predicted octanol–water partition coefficient (Wildman–Crippen LogP) is 6.94. The van der Waals surface area contributed by atoms with E-state index in [-0.39, 0.29) is 6.42 Å². The monoisotopic (exact) mass is 521 g/mol. The minimum absolute atomic E-state index is 0.188. The van der Waals surface area contributed by atoms with Gasteiger partial charge in [0, 0.05) is 23.7 Å². The number of unbranched alkanes of at least 4 members (excludes halogenated alkanes) is 1. The Hall–Kier alpha value is -4.65. The maximum atomic E-state index is 10.9. The molecule has 0 aliphatic heterocycles. The van der Waals surface area contributed by atoms with Gasteiger partial charge in [-0.05, 0) is 61.6 Å². The lowest BCUT2D eigenvalue weighted by molar-refractivity contribution is -0.137. The number of carbonyl (C=O) groups is 1. The van der Waals surface area contributed by atoms with Crippen molar-refractivity contribution in [2.24, 2.45) is 0 Å². The molecule has 0 aliphatic carbocycles. The molecule has 39 heavy (non-hydrogen) atoms. The van der Waals surface area contributed by atoms with E-state index in [1.807, 2.05) is 84.4 Å². The Labute approximate surface area is 227 Å². The first-order chi connectivity index (χ1) is 19.0. The van der Waals surface area contributed by atoms with Crippen LogP contribution in [0.4, 0.5) is 0 Å². The van der Waals surface area contributed by atoms with Crippen LogP contribution in [0.3, 0.4) is 0 Å². The summed E-state index contributed by atoms with van der Waals surface area (Å²) in [5, 5.41) is 13.8. The van der Waals surface area contributed by atoms with Crippen LogP contribution in [0.15, 0.2) is 95.5 Å². The first-order valence-electron chi connectivity index (χ1n) is 13.1. The van der Waals surface area contributed by atoms with Gasteiger partial charge < -0.3 is 14.3 Å². The van der Waals surface area contributed by atoms with Crippen LogP contribution in [0.1, 0.15) is 41.8 Å². The Balaban J connectivity index is 1.23. The van der Waals surface area contributed by atoms with Crippen LogP contribution >= 0.6 is 0 Å². The first kappa shape index (κ1) is 26.0. The van der Waals surface area contributed by atoms with Crippen molar-refractivity contribution < 1.29 is 19.1 Å². The van der Waals surface area contributed by atoms with Gasteiger partial charge in [0.05, 0.1) is 12.2 Å². The molecule has 0 unspecified atom stereocenters. The van der Waals surface area contributed by atoms with E-state index in [0.29, 0.717) is 25.5 Å². The average Bonchev–Trinajstić information content (AvgIpc) is 3.54. The normalized spacial score (nSPS) is 11.0. The van der Waals surface area contributed by atoms with E-state index < -0.39 is 5.97 Å². The summed E-state index contributed by atoms with van der Waals surface area (Å²) in [5.41, 5.74) is 5.96. The highest BCUT2D eigenvalue weighted by Gasteiger charge is 2.13. The van der Waals surface area contributed by atoms with Crippen molar-refractivity contribution in [2.75, 3.05) is 0 Å². The molecule has 0 spiro atoms. The van der Waals surface area contributed by atoms with Gasteiger partial charge in [-0.25, -0.2) is 4.98 Å². The molecule has 2 aromatic heterocycles. The second-order valence-corrected chi connectivity index (χ2v) is 9.49. The predicted molar refractivity (Wildman–Crippen MR) is 149 cm³/mol. The van der Waals surface area contributed by atoms with Gasteiger partial charge in [0.2, 0.25) is 5.89 Å².